The van der Waals surface area contributed by atoms with Crippen molar-refractivity contribution in [3.05, 3.63) is 63.2 Å². The Labute approximate surface area is 164 Å². The SMILES string of the molecule is O=c1[nH]c(NCc2ccc3c(c2)OCCO3)nc2nccc(-c3ccsc3)c12. The molecule has 0 amide bonds. The molecule has 1 aliphatic heterocycles. The summed E-state index contributed by atoms with van der Waals surface area (Å²) in [7, 11) is 0. The van der Waals surface area contributed by atoms with Gasteiger partial charge in [-0.2, -0.15) is 16.3 Å². The number of hydrogen-bond acceptors (Lipinski definition) is 7. The van der Waals surface area contributed by atoms with Gasteiger partial charge >= 0.3 is 0 Å². The predicted octanol–water partition coefficient (Wildman–Crippen LogP) is 3.43. The molecule has 4 heterocycles. The van der Waals surface area contributed by atoms with Crippen molar-refractivity contribution in [3.63, 3.8) is 0 Å². The van der Waals surface area contributed by atoms with E-state index in [1.165, 1.54) is 0 Å². The maximum absolute atomic E-state index is 12.7. The number of pyridine rings is 1. The zero-order valence-electron chi connectivity index (χ0n) is 14.8. The minimum Gasteiger partial charge on any atom is -0.486 e. The largest absolute Gasteiger partial charge is 0.486 e. The second kappa shape index (κ2) is 6.97. The number of nitrogens with zero attached hydrogens (tertiary/aromatic N) is 2. The Balaban J connectivity index is 1.43. The molecule has 0 fully saturated rings. The van der Waals surface area contributed by atoms with Gasteiger partial charge in [0, 0.05) is 18.3 Å². The molecule has 0 bridgehead atoms. The molecule has 140 valence electrons. The molecule has 5 rings (SSSR count). The van der Waals surface area contributed by atoms with Crippen LogP contribution in [0.25, 0.3) is 22.2 Å². The van der Waals surface area contributed by atoms with Crippen molar-refractivity contribution in [2.24, 2.45) is 0 Å². The molecule has 0 atom stereocenters. The number of aromatic amines is 1. The molecule has 3 aromatic heterocycles. The van der Waals surface area contributed by atoms with Gasteiger partial charge in [-0.05, 0) is 46.2 Å². The van der Waals surface area contributed by atoms with Crippen molar-refractivity contribution in [1.29, 1.82) is 0 Å². The van der Waals surface area contributed by atoms with Crippen molar-refractivity contribution in [3.8, 4) is 22.6 Å². The highest BCUT2D eigenvalue weighted by Crippen LogP contribution is 2.31. The lowest BCUT2D eigenvalue weighted by Gasteiger charge is -2.19. The summed E-state index contributed by atoms with van der Waals surface area (Å²) in [6, 6.07) is 9.58. The molecule has 0 unspecified atom stereocenters. The number of aromatic nitrogens is 3. The quantitative estimate of drug-likeness (QED) is 0.553. The summed E-state index contributed by atoms with van der Waals surface area (Å²) in [6.45, 7) is 1.59. The first-order valence-electron chi connectivity index (χ1n) is 8.82. The minimum atomic E-state index is -0.219. The fraction of sp³-hybridized carbons (Fsp3) is 0.150. The van der Waals surface area contributed by atoms with Crippen LogP contribution in [-0.4, -0.2) is 28.2 Å². The summed E-state index contributed by atoms with van der Waals surface area (Å²) in [6.07, 6.45) is 1.67. The molecule has 28 heavy (non-hydrogen) atoms. The number of nitrogens with one attached hydrogen (secondary N) is 2. The van der Waals surface area contributed by atoms with Gasteiger partial charge in [0.05, 0.1) is 5.39 Å². The summed E-state index contributed by atoms with van der Waals surface area (Å²) < 4.78 is 11.1. The average molecular weight is 392 g/mol. The van der Waals surface area contributed by atoms with Gasteiger partial charge in [0.25, 0.3) is 5.56 Å². The van der Waals surface area contributed by atoms with Gasteiger partial charge in [0.1, 0.15) is 13.2 Å². The van der Waals surface area contributed by atoms with Crippen LogP contribution in [-0.2, 0) is 6.54 Å². The molecule has 0 aliphatic carbocycles. The van der Waals surface area contributed by atoms with Crippen molar-refractivity contribution in [2.75, 3.05) is 18.5 Å². The van der Waals surface area contributed by atoms with Crippen molar-refractivity contribution in [1.82, 2.24) is 15.0 Å². The van der Waals surface area contributed by atoms with E-state index in [1.807, 2.05) is 41.1 Å². The first-order chi connectivity index (χ1) is 13.8. The van der Waals surface area contributed by atoms with Crippen LogP contribution in [0.1, 0.15) is 5.56 Å². The van der Waals surface area contributed by atoms with Crippen molar-refractivity contribution >= 4 is 28.3 Å². The molecule has 1 aliphatic rings. The lowest BCUT2D eigenvalue weighted by atomic mass is 10.1. The number of H-pyrrole nitrogens is 1. The van der Waals surface area contributed by atoms with Gasteiger partial charge in [-0.15, -0.1) is 0 Å². The monoisotopic (exact) mass is 392 g/mol. The number of hydrogen-bond donors (Lipinski definition) is 2. The highest BCUT2D eigenvalue weighted by Gasteiger charge is 2.13. The van der Waals surface area contributed by atoms with Crippen molar-refractivity contribution < 1.29 is 9.47 Å². The molecule has 4 aromatic rings. The minimum absolute atomic E-state index is 0.219. The Hall–Kier alpha value is -3.39. The molecule has 0 spiro atoms. The fourth-order valence-electron chi connectivity index (χ4n) is 3.19. The fourth-order valence-corrected chi connectivity index (χ4v) is 3.84. The van der Waals surface area contributed by atoms with Crippen LogP contribution in [0.2, 0.25) is 0 Å². The summed E-state index contributed by atoms with van der Waals surface area (Å²) in [5.74, 6) is 1.85. The van der Waals surface area contributed by atoms with Crippen LogP contribution >= 0.6 is 11.3 Å². The lowest BCUT2D eigenvalue weighted by molar-refractivity contribution is 0.171. The molecular weight excluding hydrogens is 376 g/mol. The first kappa shape index (κ1) is 16.8. The van der Waals surface area contributed by atoms with Crippen LogP contribution in [0.4, 0.5) is 5.95 Å². The number of ether oxygens (including phenoxy) is 2. The van der Waals surface area contributed by atoms with Gasteiger partial charge in [-0.3, -0.25) is 9.78 Å². The Morgan fingerprint density at radius 2 is 2.04 bits per heavy atom. The van der Waals surface area contributed by atoms with E-state index in [4.69, 9.17) is 9.47 Å². The zero-order valence-corrected chi connectivity index (χ0v) is 15.6. The first-order valence-corrected chi connectivity index (χ1v) is 9.76. The molecule has 0 saturated carbocycles. The zero-order chi connectivity index (χ0) is 18.9. The molecular formula is C20H16N4O3S. The summed E-state index contributed by atoms with van der Waals surface area (Å²) in [4.78, 5) is 24.3. The Bertz CT molecular complexity index is 1200. The molecule has 7 nitrogen and oxygen atoms in total. The number of rotatable bonds is 4. The van der Waals surface area contributed by atoms with E-state index in [0.29, 0.717) is 36.7 Å². The van der Waals surface area contributed by atoms with E-state index in [0.717, 1.165) is 28.2 Å². The van der Waals surface area contributed by atoms with Crippen LogP contribution in [0.3, 0.4) is 0 Å². The second-order valence-electron chi connectivity index (χ2n) is 6.32. The lowest BCUT2D eigenvalue weighted by Crippen LogP contribution is -2.16. The van der Waals surface area contributed by atoms with E-state index >= 15 is 0 Å². The Kier molecular flexibility index (Phi) is 4.17. The summed E-state index contributed by atoms with van der Waals surface area (Å²) in [5.41, 5.74) is 3.01. The van der Waals surface area contributed by atoms with E-state index in [1.54, 1.807) is 17.5 Å². The van der Waals surface area contributed by atoms with Gasteiger partial charge in [0.15, 0.2) is 17.1 Å². The maximum Gasteiger partial charge on any atom is 0.262 e. The van der Waals surface area contributed by atoms with Crippen LogP contribution in [0, 0.1) is 0 Å². The van der Waals surface area contributed by atoms with E-state index in [2.05, 4.69) is 20.3 Å². The van der Waals surface area contributed by atoms with Crippen LogP contribution in [0.5, 0.6) is 11.5 Å². The van der Waals surface area contributed by atoms with Crippen LogP contribution in [0.15, 0.2) is 52.1 Å². The third kappa shape index (κ3) is 3.07. The van der Waals surface area contributed by atoms with Gasteiger partial charge in [-0.1, -0.05) is 6.07 Å². The van der Waals surface area contributed by atoms with E-state index in [-0.39, 0.29) is 5.56 Å². The summed E-state index contributed by atoms with van der Waals surface area (Å²) >= 11 is 1.58. The third-order valence-corrected chi connectivity index (χ3v) is 5.19. The second-order valence-corrected chi connectivity index (χ2v) is 7.10. The normalized spacial score (nSPS) is 12.9. The average Bonchev–Trinajstić information content (AvgIpc) is 3.26. The van der Waals surface area contributed by atoms with Crippen LogP contribution < -0.4 is 20.3 Å². The molecule has 0 saturated heterocycles. The molecule has 0 radical (unpaired) electrons. The number of thiophene rings is 1. The standard InChI is InChI=1S/C20H16N4O3S/c25-19-17-14(13-4-8-28-11-13)3-5-21-18(17)23-20(24-19)22-10-12-1-2-15-16(9-12)27-7-6-26-15/h1-5,8-9,11H,6-7,10H2,(H2,21,22,23,24,25). The van der Waals surface area contributed by atoms with E-state index in [9.17, 15) is 4.79 Å². The predicted molar refractivity (Wildman–Crippen MR) is 108 cm³/mol. The Morgan fingerprint density at radius 1 is 1.14 bits per heavy atom. The van der Waals surface area contributed by atoms with Gasteiger partial charge < -0.3 is 14.8 Å². The number of benzene rings is 1. The highest BCUT2D eigenvalue weighted by molar-refractivity contribution is 7.08. The van der Waals surface area contributed by atoms with Crippen molar-refractivity contribution in [2.45, 2.75) is 6.54 Å². The molecule has 8 heteroatoms. The summed E-state index contributed by atoms with van der Waals surface area (Å²) in [5, 5.41) is 7.63. The smallest absolute Gasteiger partial charge is 0.262 e. The number of anilines is 1. The third-order valence-electron chi connectivity index (χ3n) is 4.51. The molecule has 1 aromatic carbocycles. The van der Waals surface area contributed by atoms with Gasteiger partial charge in [0.2, 0.25) is 5.95 Å². The number of fused-ring (bicyclic) bond motifs is 2. The topological polar surface area (TPSA) is 89.1 Å². The molecule has 2 N–H and O–H groups in total. The van der Waals surface area contributed by atoms with Gasteiger partial charge in [-0.25, -0.2) is 4.98 Å². The highest BCUT2D eigenvalue weighted by atomic mass is 32.1. The maximum atomic E-state index is 12.7. The van der Waals surface area contributed by atoms with E-state index < -0.39 is 0 Å². The Morgan fingerprint density at radius 3 is 2.89 bits per heavy atom.